The molecule has 0 saturated carbocycles. The first-order chi connectivity index (χ1) is 10.2. The minimum atomic E-state index is 0.816. The molecule has 0 unspecified atom stereocenters. The Balaban J connectivity index is 2.17. The van der Waals surface area contributed by atoms with Gasteiger partial charge in [0, 0.05) is 16.6 Å². The molecule has 112 valence electrons. The molecule has 2 nitrogen and oxygen atoms in total. The number of aryl methyl sites for hydroxylation is 1. The van der Waals surface area contributed by atoms with Gasteiger partial charge < -0.3 is 10.1 Å². The summed E-state index contributed by atoms with van der Waals surface area (Å²) >= 11 is 3.53. The Morgan fingerprint density at radius 3 is 2.71 bits per heavy atom. The molecule has 0 aliphatic rings. The van der Waals surface area contributed by atoms with Crippen molar-refractivity contribution in [2.45, 2.75) is 33.2 Å². The molecule has 21 heavy (non-hydrogen) atoms. The summed E-state index contributed by atoms with van der Waals surface area (Å²) in [5, 5.41) is 3.43. The maximum Gasteiger partial charge on any atom is 0.131 e. The first-order valence-corrected chi connectivity index (χ1v) is 8.28. The minimum absolute atomic E-state index is 0.816. The molecule has 0 amide bonds. The maximum atomic E-state index is 6.08. The average Bonchev–Trinajstić information content (AvgIpc) is 2.50. The van der Waals surface area contributed by atoms with Crippen molar-refractivity contribution in [1.82, 2.24) is 5.32 Å². The van der Waals surface area contributed by atoms with Crippen LogP contribution in [-0.4, -0.2) is 6.54 Å². The summed E-state index contributed by atoms with van der Waals surface area (Å²) in [6.45, 7) is 6.15. The smallest absolute Gasteiger partial charge is 0.131 e. The van der Waals surface area contributed by atoms with E-state index in [1.807, 2.05) is 24.3 Å². The van der Waals surface area contributed by atoms with E-state index in [2.05, 4.69) is 53.3 Å². The van der Waals surface area contributed by atoms with Crippen molar-refractivity contribution in [2.75, 3.05) is 6.54 Å². The molecule has 0 heterocycles. The Labute approximate surface area is 135 Å². The number of hydrogen-bond acceptors (Lipinski definition) is 2. The molecule has 1 N–H and O–H groups in total. The van der Waals surface area contributed by atoms with E-state index in [-0.39, 0.29) is 0 Å². The number of ether oxygens (including phenoxy) is 1. The van der Waals surface area contributed by atoms with Gasteiger partial charge in [0.2, 0.25) is 0 Å². The zero-order valence-corrected chi connectivity index (χ0v) is 14.2. The van der Waals surface area contributed by atoms with E-state index in [1.54, 1.807) is 0 Å². The SMILES string of the molecule is CCCNCc1cc(Br)ccc1Oc1cccc(CC)c1. The average molecular weight is 348 g/mol. The lowest BCUT2D eigenvalue weighted by Crippen LogP contribution is -2.14. The summed E-state index contributed by atoms with van der Waals surface area (Å²) in [5.41, 5.74) is 2.45. The molecule has 3 heteroatoms. The Kier molecular flexibility index (Phi) is 6.27. The van der Waals surface area contributed by atoms with E-state index in [1.165, 1.54) is 11.1 Å². The Morgan fingerprint density at radius 2 is 1.95 bits per heavy atom. The van der Waals surface area contributed by atoms with Crippen LogP contribution < -0.4 is 10.1 Å². The van der Waals surface area contributed by atoms with Crippen LogP contribution in [0.4, 0.5) is 0 Å². The van der Waals surface area contributed by atoms with Gasteiger partial charge in [0.25, 0.3) is 0 Å². The highest BCUT2D eigenvalue weighted by molar-refractivity contribution is 9.10. The van der Waals surface area contributed by atoms with E-state index in [0.29, 0.717) is 0 Å². The Hall–Kier alpha value is -1.32. The third kappa shape index (κ3) is 4.87. The Bertz CT molecular complexity index is 583. The van der Waals surface area contributed by atoms with E-state index in [9.17, 15) is 0 Å². The third-order valence-corrected chi connectivity index (χ3v) is 3.79. The summed E-state index contributed by atoms with van der Waals surface area (Å²) in [5.74, 6) is 1.81. The fraction of sp³-hybridized carbons (Fsp3) is 0.333. The van der Waals surface area contributed by atoms with Crippen LogP contribution in [0.2, 0.25) is 0 Å². The third-order valence-electron chi connectivity index (χ3n) is 3.30. The number of nitrogens with one attached hydrogen (secondary N) is 1. The van der Waals surface area contributed by atoms with Crippen LogP contribution in [0, 0.1) is 0 Å². The standard InChI is InChI=1S/C18H22BrNO/c1-3-10-20-13-15-12-16(19)8-9-18(15)21-17-7-5-6-14(4-2)11-17/h5-9,11-12,20H,3-4,10,13H2,1-2H3. The van der Waals surface area contributed by atoms with Gasteiger partial charge in [-0.25, -0.2) is 0 Å². The lowest BCUT2D eigenvalue weighted by molar-refractivity contribution is 0.472. The molecule has 0 bridgehead atoms. The fourth-order valence-electron chi connectivity index (χ4n) is 2.14. The van der Waals surface area contributed by atoms with Crippen molar-refractivity contribution >= 4 is 15.9 Å². The normalized spacial score (nSPS) is 10.6. The van der Waals surface area contributed by atoms with E-state index in [0.717, 1.165) is 41.9 Å². The maximum absolute atomic E-state index is 6.08. The molecular weight excluding hydrogens is 326 g/mol. The molecule has 0 saturated heterocycles. The predicted octanol–water partition coefficient (Wildman–Crippen LogP) is 5.30. The monoisotopic (exact) mass is 347 g/mol. The summed E-state index contributed by atoms with van der Waals surface area (Å²) < 4.78 is 7.15. The first kappa shape index (κ1) is 16.1. The molecule has 0 aliphatic heterocycles. The van der Waals surface area contributed by atoms with Crippen LogP contribution in [0.1, 0.15) is 31.4 Å². The zero-order valence-electron chi connectivity index (χ0n) is 12.7. The molecular formula is C18H22BrNO. The van der Waals surface area contributed by atoms with E-state index >= 15 is 0 Å². The van der Waals surface area contributed by atoms with Crippen molar-refractivity contribution in [1.29, 1.82) is 0 Å². The van der Waals surface area contributed by atoms with Gasteiger partial charge in [0.15, 0.2) is 0 Å². The van der Waals surface area contributed by atoms with Gasteiger partial charge in [0.05, 0.1) is 0 Å². The van der Waals surface area contributed by atoms with Crippen LogP contribution in [0.5, 0.6) is 11.5 Å². The quantitative estimate of drug-likeness (QED) is 0.685. The second kappa shape index (κ2) is 8.20. The predicted molar refractivity (Wildman–Crippen MR) is 92.0 cm³/mol. The molecule has 2 aromatic carbocycles. The van der Waals surface area contributed by atoms with Gasteiger partial charge in [-0.2, -0.15) is 0 Å². The van der Waals surface area contributed by atoms with Gasteiger partial charge >= 0.3 is 0 Å². The second-order valence-corrected chi connectivity index (χ2v) is 5.95. The summed E-state index contributed by atoms with van der Waals surface area (Å²) in [6.07, 6.45) is 2.14. The molecule has 0 radical (unpaired) electrons. The highest BCUT2D eigenvalue weighted by Crippen LogP contribution is 2.28. The first-order valence-electron chi connectivity index (χ1n) is 7.49. The molecule has 0 aromatic heterocycles. The van der Waals surface area contributed by atoms with Crippen LogP contribution in [0.25, 0.3) is 0 Å². The minimum Gasteiger partial charge on any atom is -0.457 e. The van der Waals surface area contributed by atoms with Crippen LogP contribution in [0.15, 0.2) is 46.9 Å². The van der Waals surface area contributed by atoms with E-state index in [4.69, 9.17) is 4.74 Å². The van der Waals surface area contributed by atoms with Crippen molar-refractivity contribution in [3.05, 3.63) is 58.1 Å². The lowest BCUT2D eigenvalue weighted by Gasteiger charge is -2.13. The van der Waals surface area contributed by atoms with Gasteiger partial charge in [0.1, 0.15) is 11.5 Å². The highest BCUT2D eigenvalue weighted by Gasteiger charge is 2.06. The van der Waals surface area contributed by atoms with Gasteiger partial charge in [-0.3, -0.25) is 0 Å². The number of hydrogen-bond donors (Lipinski definition) is 1. The van der Waals surface area contributed by atoms with Gasteiger partial charge in [-0.05, 0) is 55.3 Å². The van der Waals surface area contributed by atoms with Crippen molar-refractivity contribution in [3.8, 4) is 11.5 Å². The summed E-state index contributed by atoms with van der Waals surface area (Å²) in [6, 6.07) is 14.4. The molecule has 0 aliphatic carbocycles. The van der Waals surface area contributed by atoms with Gasteiger partial charge in [-0.1, -0.05) is 41.9 Å². The van der Waals surface area contributed by atoms with Gasteiger partial charge in [-0.15, -0.1) is 0 Å². The number of benzene rings is 2. The topological polar surface area (TPSA) is 21.3 Å². The Morgan fingerprint density at radius 1 is 1.10 bits per heavy atom. The van der Waals surface area contributed by atoms with Crippen LogP contribution in [0.3, 0.4) is 0 Å². The summed E-state index contributed by atoms with van der Waals surface area (Å²) in [7, 11) is 0. The van der Waals surface area contributed by atoms with Crippen molar-refractivity contribution < 1.29 is 4.74 Å². The number of halogens is 1. The second-order valence-electron chi connectivity index (χ2n) is 5.03. The zero-order chi connectivity index (χ0) is 15.1. The van der Waals surface area contributed by atoms with Crippen molar-refractivity contribution in [3.63, 3.8) is 0 Å². The van der Waals surface area contributed by atoms with E-state index < -0.39 is 0 Å². The molecule has 0 spiro atoms. The molecule has 0 fully saturated rings. The summed E-state index contributed by atoms with van der Waals surface area (Å²) in [4.78, 5) is 0. The lowest BCUT2D eigenvalue weighted by atomic mass is 10.1. The largest absolute Gasteiger partial charge is 0.457 e. The highest BCUT2D eigenvalue weighted by atomic mass is 79.9. The number of rotatable bonds is 7. The fourth-order valence-corrected chi connectivity index (χ4v) is 2.55. The van der Waals surface area contributed by atoms with Crippen molar-refractivity contribution in [2.24, 2.45) is 0 Å². The molecule has 0 atom stereocenters. The molecule has 2 aromatic rings. The molecule has 2 rings (SSSR count). The van der Waals surface area contributed by atoms with Crippen LogP contribution in [-0.2, 0) is 13.0 Å². The van der Waals surface area contributed by atoms with Crippen LogP contribution >= 0.6 is 15.9 Å².